The Bertz CT molecular complexity index is 542. The van der Waals surface area contributed by atoms with E-state index in [4.69, 9.17) is 11.6 Å². The number of thiophene rings is 1. The van der Waals surface area contributed by atoms with E-state index in [1.807, 2.05) is 6.07 Å². The molecule has 0 spiro atoms. The van der Waals surface area contributed by atoms with Crippen molar-refractivity contribution in [2.24, 2.45) is 0 Å². The molecule has 0 unspecified atom stereocenters. The van der Waals surface area contributed by atoms with Crippen molar-refractivity contribution in [1.82, 2.24) is 0 Å². The van der Waals surface area contributed by atoms with Gasteiger partial charge in [-0.15, -0.1) is 22.9 Å². The van der Waals surface area contributed by atoms with Crippen molar-refractivity contribution in [3.63, 3.8) is 0 Å². The van der Waals surface area contributed by atoms with Gasteiger partial charge >= 0.3 is 0 Å². The predicted molar refractivity (Wildman–Crippen MR) is 87.8 cm³/mol. The molecule has 0 aliphatic carbocycles. The first-order valence-electron chi connectivity index (χ1n) is 5.38. The molecule has 1 nitrogen and oxygen atoms in total. The highest BCUT2D eigenvalue weighted by atomic mass is 79.9. The average molecular weight is 410 g/mol. The van der Waals surface area contributed by atoms with Gasteiger partial charge in [-0.2, -0.15) is 0 Å². The Morgan fingerprint density at radius 1 is 1.22 bits per heavy atom. The van der Waals surface area contributed by atoms with E-state index < -0.39 is 0 Å². The van der Waals surface area contributed by atoms with Crippen molar-refractivity contribution in [2.45, 2.75) is 12.4 Å². The Morgan fingerprint density at radius 2 is 2.00 bits per heavy atom. The van der Waals surface area contributed by atoms with Crippen molar-refractivity contribution in [1.29, 1.82) is 0 Å². The summed E-state index contributed by atoms with van der Waals surface area (Å²) >= 11 is 14.7. The number of hydrogen-bond donors (Lipinski definition) is 0. The van der Waals surface area contributed by atoms with Crippen LogP contribution in [0.25, 0.3) is 0 Å². The highest BCUT2D eigenvalue weighted by Gasteiger charge is 2.09. The van der Waals surface area contributed by atoms with Gasteiger partial charge in [0.1, 0.15) is 0 Å². The highest BCUT2D eigenvalue weighted by Crippen LogP contribution is 2.28. The second kappa shape index (κ2) is 6.42. The number of nitrogens with zero attached hydrogens (tertiary/aromatic N) is 1. The second-order valence-electron chi connectivity index (χ2n) is 3.99. The van der Waals surface area contributed by atoms with Gasteiger partial charge in [-0.25, -0.2) is 0 Å². The van der Waals surface area contributed by atoms with Crippen LogP contribution in [0.15, 0.2) is 38.6 Å². The monoisotopic (exact) mass is 407 g/mol. The maximum absolute atomic E-state index is 5.99. The van der Waals surface area contributed by atoms with Crippen LogP contribution in [-0.2, 0) is 12.4 Å². The Balaban J connectivity index is 2.22. The molecule has 0 fully saturated rings. The van der Waals surface area contributed by atoms with Crippen LogP contribution < -0.4 is 4.90 Å². The van der Waals surface area contributed by atoms with Crippen LogP contribution in [0.5, 0.6) is 0 Å². The zero-order chi connectivity index (χ0) is 13.1. The molecule has 1 heterocycles. The number of alkyl halides is 1. The molecule has 2 rings (SSSR count). The Labute approximate surface area is 133 Å². The summed E-state index contributed by atoms with van der Waals surface area (Å²) in [6.07, 6.45) is 0. The molecule has 0 radical (unpaired) electrons. The minimum atomic E-state index is 0.529. The van der Waals surface area contributed by atoms with Gasteiger partial charge in [-0.1, -0.05) is 22.0 Å². The molecule has 0 aliphatic rings. The molecular formula is C13H12Br2ClNS. The average Bonchev–Trinajstić information content (AvgIpc) is 2.74. The molecule has 5 heteroatoms. The van der Waals surface area contributed by atoms with Crippen molar-refractivity contribution in [2.75, 3.05) is 11.9 Å². The SMILES string of the molecule is CN(Cc1cc(Br)cs1)c1cc(Br)ccc1CCl. The fourth-order valence-electron chi connectivity index (χ4n) is 1.76. The normalized spacial score (nSPS) is 10.7. The van der Waals surface area contributed by atoms with Gasteiger partial charge in [0.2, 0.25) is 0 Å². The minimum absolute atomic E-state index is 0.529. The standard InChI is InChI=1S/C13H12Br2ClNS/c1-17(7-12-4-11(15)8-18-12)13-5-10(14)3-2-9(13)6-16/h2-5,8H,6-7H2,1H3. The third kappa shape index (κ3) is 3.50. The van der Waals surface area contributed by atoms with Gasteiger partial charge in [0.05, 0.1) is 6.54 Å². The smallest absolute Gasteiger partial charge is 0.0520 e. The topological polar surface area (TPSA) is 3.24 Å². The lowest BCUT2D eigenvalue weighted by Gasteiger charge is -2.21. The maximum atomic E-state index is 5.99. The Kier molecular flexibility index (Phi) is 5.13. The summed E-state index contributed by atoms with van der Waals surface area (Å²) in [5.41, 5.74) is 2.32. The molecule has 1 aromatic carbocycles. The lowest BCUT2D eigenvalue weighted by Crippen LogP contribution is -2.17. The lowest BCUT2D eigenvalue weighted by molar-refractivity contribution is 0.931. The Morgan fingerprint density at radius 3 is 2.61 bits per heavy atom. The first-order valence-corrected chi connectivity index (χ1v) is 8.38. The third-order valence-corrected chi connectivity index (χ3v) is 5.08. The number of rotatable bonds is 4. The number of benzene rings is 1. The van der Waals surface area contributed by atoms with E-state index in [1.54, 1.807) is 11.3 Å². The highest BCUT2D eigenvalue weighted by molar-refractivity contribution is 9.10. The summed E-state index contributed by atoms with van der Waals surface area (Å²) in [6.45, 7) is 0.886. The first kappa shape index (κ1) is 14.4. The van der Waals surface area contributed by atoms with Gasteiger partial charge in [0.15, 0.2) is 0 Å². The predicted octanol–water partition coefficient (Wildman–Crippen LogP) is 5.65. The molecule has 18 heavy (non-hydrogen) atoms. The van der Waals surface area contributed by atoms with Crippen molar-refractivity contribution < 1.29 is 0 Å². The molecule has 1 aromatic heterocycles. The number of anilines is 1. The van der Waals surface area contributed by atoms with Crippen LogP contribution in [0.1, 0.15) is 10.4 Å². The first-order chi connectivity index (χ1) is 8.60. The van der Waals surface area contributed by atoms with Crippen LogP contribution in [0.2, 0.25) is 0 Å². The van der Waals surface area contributed by atoms with Crippen molar-refractivity contribution in [3.8, 4) is 0 Å². The van der Waals surface area contributed by atoms with Crippen molar-refractivity contribution >= 4 is 60.5 Å². The molecule has 0 saturated carbocycles. The van der Waals surface area contributed by atoms with E-state index in [9.17, 15) is 0 Å². The van der Waals surface area contributed by atoms with Gasteiger partial charge < -0.3 is 4.90 Å². The maximum Gasteiger partial charge on any atom is 0.0520 e. The second-order valence-corrected chi connectivity index (χ2v) is 7.09. The fraction of sp³-hybridized carbons (Fsp3) is 0.231. The minimum Gasteiger partial charge on any atom is -0.369 e. The molecule has 0 amide bonds. The zero-order valence-electron chi connectivity index (χ0n) is 9.79. The largest absolute Gasteiger partial charge is 0.369 e. The van der Waals surface area contributed by atoms with E-state index in [0.29, 0.717) is 5.88 Å². The lowest BCUT2D eigenvalue weighted by atomic mass is 10.2. The summed E-state index contributed by atoms with van der Waals surface area (Å²) in [7, 11) is 2.09. The molecule has 0 N–H and O–H groups in total. The van der Waals surface area contributed by atoms with Gasteiger partial charge in [-0.3, -0.25) is 0 Å². The fourth-order valence-corrected chi connectivity index (χ4v) is 3.84. The van der Waals surface area contributed by atoms with Gasteiger partial charge in [0.25, 0.3) is 0 Å². The summed E-state index contributed by atoms with van der Waals surface area (Å²) in [6, 6.07) is 8.35. The quantitative estimate of drug-likeness (QED) is 0.590. The van der Waals surface area contributed by atoms with Crippen LogP contribution in [0.3, 0.4) is 0 Å². The molecule has 0 saturated heterocycles. The summed E-state index contributed by atoms with van der Waals surface area (Å²) in [4.78, 5) is 3.55. The van der Waals surface area contributed by atoms with Gasteiger partial charge in [-0.05, 0) is 39.7 Å². The van der Waals surface area contributed by atoms with Crippen LogP contribution in [0.4, 0.5) is 5.69 Å². The van der Waals surface area contributed by atoms with Crippen LogP contribution in [0, 0.1) is 0 Å². The molecule has 2 aromatic rings. The molecule has 96 valence electrons. The summed E-state index contributed by atoms with van der Waals surface area (Å²) in [5, 5.41) is 2.10. The third-order valence-electron chi connectivity index (χ3n) is 2.62. The number of hydrogen-bond acceptors (Lipinski definition) is 2. The zero-order valence-corrected chi connectivity index (χ0v) is 14.5. The Hall–Kier alpha value is -0.0300. The van der Waals surface area contributed by atoms with E-state index in [2.05, 4.69) is 67.4 Å². The van der Waals surface area contributed by atoms with Crippen LogP contribution >= 0.6 is 54.8 Å². The van der Waals surface area contributed by atoms with Gasteiger partial charge in [0, 0.05) is 37.8 Å². The van der Waals surface area contributed by atoms with E-state index in [0.717, 1.165) is 21.1 Å². The molecular weight excluding hydrogens is 397 g/mol. The van der Waals surface area contributed by atoms with Crippen molar-refractivity contribution in [3.05, 3.63) is 49.0 Å². The summed E-state index contributed by atoms with van der Waals surface area (Å²) < 4.78 is 2.22. The molecule has 0 aliphatic heterocycles. The molecule has 0 bridgehead atoms. The molecule has 0 atom stereocenters. The van der Waals surface area contributed by atoms with E-state index in [1.165, 1.54) is 10.6 Å². The van der Waals surface area contributed by atoms with Crippen LogP contribution in [-0.4, -0.2) is 7.05 Å². The summed E-state index contributed by atoms with van der Waals surface area (Å²) in [5.74, 6) is 0.529. The van der Waals surface area contributed by atoms with E-state index in [-0.39, 0.29) is 0 Å². The number of halogens is 3. The van der Waals surface area contributed by atoms with E-state index >= 15 is 0 Å².